The summed E-state index contributed by atoms with van der Waals surface area (Å²) in [4.78, 5) is 3.71. The van der Waals surface area contributed by atoms with E-state index in [4.69, 9.17) is 0 Å². The second kappa shape index (κ2) is 6.80. The van der Waals surface area contributed by atoms with Gasteiger partial charge in [-0.25, -0.2) is 4.98 Å². The number of benzene rings is 1. The molecule has 0 saturated heterocycles. The fourth-order valence-corrected chi connectivity index (χ4v) is 2.34. The SMILES string of the molecule is Cc1ccccc1-n1cccc1/C=N\Nc1ccc(C(F)(F)F)cn1. The van der Waals surface area contributed by atoms with E-state index in [1.807, 2.05) is 54.1 Å². The Bertz CT molecular complexity index is 880. The van der Waals surface area contributed by atoms with Gasteiger partial charge in [-0.1, -0.05) is 18.2 Å². The summed E-state index contributed by atoms with van der Waals surface area (Å²) in [5.41, 5.74) is 4.81. The lowest BCUT2D eigenvalue weighted by atomic mass is 10.2. The van der Waals surface area contributed by atoms with Gasteiger partial charge in [-0.05, 0) is 42.8 Å². The largest absolute Gasteiger partial charge is 0.417 e. The van der Waals surface area contributed by atoms with Crippen molar-refractivity contribution >= 4 is 12.0 Å². The summed E-state index contributed by atoms with van der Waals surface area (Å²) < 4.78 is 39.5. The number of rotatable bonds is 4. The lowest BCUT2D eigenvalue weighted by Gasteiger charge is -2.09. The molecular weight excluding hydrogens is 329 g/mol. The van der Waals surface area contributed by atoms with Crippen LogP contribution in [-0.4, -0.2) is 15.8 Å². The maximum atomic E-state index is 12.5. The standard InChI is InChI=1S/C18H15F3N4/c1-13-5-2-3-7-16(13)25-10-4-6-15(25)12-23-24-17-9-8-14(11-22-17)18(19,20)21/h2-12H,1H3,(H,22,24)/b23-12-. The van der Waals surface area contributed by atoms with Gasteiger partial charge in [0.25, 0.3) is 0 Å². The number of hydrogen-bond acceptors (Lipinski definition) is 3. The minimum atomic E-state index is -4.40. The smallest absolute Gasteiger partial charge is 0.315 e. The molecule has 25 heavy (non-hydrogen) atoms. The third kappa shape index (κ3) is 3.88. The van der Waals surface area contributed by atoms with Crippen LogP contribution in [0, 0.1) is 6.92 Å². The van der Waals surface area contributed by atoms with Crippen molar-refractivity contribution in [2.75, 3.05) is 5.43 Å². The molecule has 2 aromatic heterocycles. The van der Waals surface area contributed by atoms with E-state index < -0.39 is 11.7 Å². The number of para-hydroxylation sites is 1. The molecule has 0 saturated carbocycles. The molecule has 0 aliphatic rings. The van der Waals surface area contributed by atoms with Crippen molar-refractivity contribution in [3.63, 3.8) is 0 Å². The van der Waals surface area contributed by atoms with Crippen LogP contribution in [0.1, 0.15) is 16.8 Å². The van der Waals surface area contributed by atoms with Gasteiger partial charge in [0.15, 0.2) is 0 Å². The molecule has 0 atom stereocenters. The average Bonchev–Trinajstić information content (AvgIpc) is 3.03. The van der Waals surface area contributed by atoms with Crippen LogP contribution in [-0.2, 0) is 6.18 Å². The van der Waals surface area contributed by atoms with Crippen molar-refractivity contribution in [2.24, 2.45) is 5.10 Å². The van der Waals surface area contributed by atoms with Crippen molar-refractivity contribution in [3.8, 4) is 5.69 Å². The van der Waals surface area contributed by atoms with E-state index in [0.29, 0.717) is 0 Å². The number of aryl methyl sites for hydroxylation is 1. The third-order valence-corrected chi connectivity index (χ3v) is 3.62. The van der Waals surface area contributed by atoms with Gasteiger partial charge in [0, 0.05) is 18.1 Å². The predicted octanol–water partition coefficient (Wildman–Crippen LogP) is 4.65. The molecule has 0 aliphatic heterocycles. The minimum Gasteiger partial charge on any atom is -0.315 e. The number of nitrogens with one attached hydrogen (secondary N) is 1. The monoisotopic (exact) mass is 344 g/mol. The van der Waals surface area contributed by atoms with Crippen molar-refractivity contribution in [3.05, 3.63) is 77.7 Å². The van der Waals surface area contributed by atoms with E-state index in [1.165, 1.54) is 6.07 Å². The number of aromatic nitrogens is 2. The Hall–Kier alpha value is -3.09. The lowest BCUT2D eigenvalue weighted by molar-refractivity contribution is -0.137. The van der Waals surface area contributed by atoms with Gasteiger partial charge in [0.2, 0.25) is 0 Å². The van der Waals surface area contributed by atoms with E-state index in [0.717, 1.165) is 29.2 Å². The lowest BCUT2D eigenvalue weighted by Crippen LogP contribution is -2.06. The van der Waals surface area contributed by atoms with Gasteiger partial charge in [0.1, 0.15) is 5.82 Å². The number of alkyl halides is 3. The molecule has 3 aromatic rings. The maximum Gasteiger partial charge on any atom is 0.417 e. The van der Waals surface area contributed by atoms with Gasteiger partial charge in [-0.2, -0.15) is 18.3 Å². The summed E-state index contributed by atoms with van der Waals surface area (Å²) in [7, 11) is 0. The van der Waals surface area contributed by atoms with E-state index in [2.05, 4.69) is 15.5 Å². The third-order valence-electron chi connectivity index (χ3n) is 3.62. The molecule has 0 fully saturated rings. The van der Waals surface area contributed by atoms with E-state index >= 15 is 0 Å². The molecule has 0 spiro atoms. The number of nitrogens with zero attached hydrogens (tertiary/aromatic N) is 3. The van der Waals surface area contributed by atoms with Crippen LogP contribution in [0.3, 0.4) is 0 Å². The topological polar surface area (TPSA) is 42.2 Å². The molecule has 0 aliphatic carbocycles. The Kier molecular flexibility index (Phi) is 4.56. The Morgan fingerprint density at radius 1 is 1.08 bits per heavy atom. The summed E-state index contributed by atoms with van der Waals surface area (Å²) in [5, 5.41) is 4.05. The van der Waals surface area contributed by atoms with Crippen LogP contribution in [0.25, 0.3) is 5.69 Å². The molecule has 0 unspecified atom stereocenters. The van der Waals surface area contributed by atoms with E-state index in [1.54, 1.807) is 6.21 Å². The first-order valence-electron chi connectivity index (χ1n) is 7.51. The number of hydrogen-bond donors (Lipinski definition) is 1. The van der Waals surface area contributed by atoms with E-state index in [-0.39, 0.29) is 5.82 Å². The van der Waals surface area contributed by atoms with Crippen LogP contribution >= 0.6 is 0 Å². The van der Waals surface area contributed by atoms with Crippen molar-refractivity contribution < 1.29 is 13.2 Å². The Morgan fingerprint density at radius 3 is 2.56 bits per heavy atom. The van der Waals surface area contributed by atoms with Crippen LogP contribution in [0.5, 0.6) is 0 Å². The van der Waals surface area contributed by atoms with E-state index in [9.17, 15) is 13.2 Å². The fourth-order valence-electron chi connectivity index (χ4n) is 2.34. The van der Waals surface area contributed by atoms with Crippen molar-refractivity contribution in [2.45, 2.75) is 13.1 Å². The summed E-state index contributed by atoms with van der Waals surface area (Å²) in [6.45, 7) is 2.01. The molecular formula is C18H15F3N4. The first-order valence-corrected chi connectivity index (χ1v) is 7.51. The molecule has 1 aromatic carbocycles. The highest BCUT2D eigenvalue weighted by atomic mass is 19.4. The van der Waals surface area contributed by atoms with Crippen molar-refractivity contribution in [1.29, 1.82) is 0 Å². The van der Waals surface area contributed by atoms with Crippen LogP contribution in [0.15, 0.2) is 66.0 Å². The number of anilines is 1. The summed E-state index contributed by atoms with van der Waals surface area (Å²) >= 11 is 0. The molecule has 0 amide bonds. The van der Waals surface area contributed by atoms with Gasteiger partial charge in [-0.3, -0.25) is 5.43 Å². The van der Waals surface area contributed by atoms with Crippen LogP contribution < -0.4 is 5.43 Å². The minimum absolute atomic E-state index is 0.234. The van der Waals surface area contributed by atoms with Crippen LogP contribution in [0.4, 0.5) is 19.0 Å². The zero-order chi connectivity index (χ0) is 17.9. The fraction of sp³-hybridized carbons (Fsp3) is 0.111. The molecule has 1 N–H and O–H groups in total. The second-order valence-corrected chi connectivity index (χ2v) is 5.39. The molecule has 128 valence electrons. The average molecular weight is 344 g/mol. The summed E-state index contributed by atoms with van der Waals surface area (Å²) in [6, 6.07) is 13.9. The highest BCUT2D eigenvalue weighted by Crippen LogP contribution is 2.28. The van der Waals surface area contributed by atoms with Crippen LogP contribution in [0.2, 0.25) is 0 Å². The molecule has 4 nitrogen and oxygen atoms in total. The zero-order valence-electron chi connectivity index (χ0n) is 13.3. The molecule has 0 bridgehead atoms. The second-order valence-electron chi connectivity index (χ2n) is 5.39. The predicted molar refractivity (Wildman–Crippen MR) is 91.0 cm³/mol. The molecule has 2 heterocycles. The first-order chi connectivity index (χ1) is 11.9. The highest BCUT2D eigenvalue weighted by molar-refractivity contribution is 5.79. The van der Waals surface area contributed by atoms with Crippen molar-refractivity contribution in [1.82, 2.24) is 9.55 Å². The quantitative estimate of drug-likeness (QED) is 0.553. The Balaban J connectivity index is 1.74. The zero-order valence-corrected chi connectivity index (χ0v) is 13.3. The number of halogens is 3. The Labute approximate surface area is 142 Å². The van der Waals surface area contributed by atoms with Gasteiger partial charge in [0.05, 0.1) is 17.5 Å². The summed E-state index contributed by atoms with van der Waals surface area (Å²) in [5.74, 6) is 0.234. The van der Waals surface area contributed by atoms with Gasteiger partial charge >= 0.3 is 6.18 Å². The maximum absolute atomic E-state index is 12.5. The Morgan fingerprint density at radius 2 is 1.88 bits per heavy atom. The normalized spacial score (nSPS) is 11.8. The van der Waals surface area contributed by atoms with Gasteiger partial charge in [-0.15, -0.1) is 0 Å². The summed E-state index contributed by atoms with van der Waals surface area (Å²) in [6.07, 6.45) is -0.122. The number of pyridine rings is 1. The number of hydrazone groups is 1. The molecule has 0 radical (unpaired) electrons. The molecule has 3 rings (SSSR count). The van der Waals surface area contributed by atoms with Gasteiger partial charge < -0.3 is 4.57 Å². The first kappa shape index (κ1) is 16.8. The molecule has 7 heteroatoms. The highest BCUT2D eigenvalue weighted by Gasteiger charge is 2.30.